The molecule has 1 unspecified atom stereocenters. The highest BCUT2D eigenvalue weighted by Crippen LogP contribution is 2.42. The molecule has 0 aliphatic carbocycles. The average Bonchev–Trinajstić information content (AvgIpc) is 2.43. The zero-order valence-corrected chi connectivity index (χ0v) is 12.3. The van der Waals surface area contributed by atoms with E-state index in [4.69, 9.17) is 5.73 Å². The van der Waals surface area contributed by atoms with Crippen molar-refractivity contribution in [3.05, 3.63) is 36.2 Å². The van der Waals surface area contributed by atoms with E-state index in [1.807, 2.05) is 18.2 Å². The van der Waals surface area contributed by atoms with Crippen LogP contribution in [-0.4, -0.2) is 15.9 Å². The highest BCUT2D eigenvalue weighted by Gasteiger charge is 2.20. The van der Waals surface area contributed by atoms with E-state index >= 15 is 0 Å². The van der Waals surface area contributed by atoms with Crippen LogP contribution in [0, 0.1) is 0 Å². The average molecular weight is 309 g/mol. The summed E-state index contributed by atoms with van der Waals surface area (Å²) < 4.78 is 0. The molecule has 1 aromatic heterocycles. The third-order valence-corrected chi connectivity index (χ3v) is 4.12. The topological polar surface area (TPSA) is 80.9 Å². The Morgan fingerprint density at radius 3 is 2.85 bits per heavy atom. The third-order valence-electron chi connectivity index (χ3n) is 3.05. The number of nitrogens with one attached hydrogen (secondary N) is 1. The van der Waals surface area contributed by atoms with Crippen molar-refractivity contribution in [3.63, 3.8) is 0 Å². The number of hydrogen-bond acceptors (Lipinski definition) is 5. The fraction of sp³-hybridized carbons (Fsp3) is 0.154. The molecule has 3 rings (SSSR count). The van der Waals surface area contributed by atoms with Crippen LogP contribution in [-0.2, 0) is 4.79 Å². The highest BCUT2D eigenvalue weighted by atomic mass is 35.5. The lowest BCUT2D eigenvalue weighted by molar-refractivity contribution is -0.119. The number of carbonyl (C=O) groups excluding carboxylic acids is 1. The molecule has 1 aliphatic rings. The van der Waals surface area contributed by atoms with Crippen molar-refractivity contribution in [2.45, 2.75) is 22.8 Å². The predicted octanol–water partition coefficient (Wildman–Crippen LogP) is 2.70. The minimum Gasteiger partial charge on any atom is -0.369 e. The van der Waals surface area contributed by atoms with E-state index in [9.17, 15) is 4.79 Å². The first-order valence-electron chi connectivity index (χ1n) is 5.84. The number of benzene rings is 1. The number of aromatic nitrogens is 2. The number of fused-ring (bicyclic) bond motifs is 2. The summed E-state index contributed by atoms with van der Waals surface area (Å²) in [6.45, 7) is 1.80. The second-order valence-corrected chi connectivity index (χ2v) is 5.35. The van der Waals surface area contributed by atoms with Gasteiger partial charge in [0.1, 0.15) is 5.03 Å². The second kappa shape index (κ2) is 5.68. The molecular weight excluding hydrogens is 296 g/mol. The summed E-state index contributed by atoms with van der Waals surface area (Å²) >= 11 is 1.56. The van der Waals surface area contributed by atoms with Gasteiger partial charge in [0.05, 0.1) is 11.6 Å². The van der Waals surface area contributed by atoms with Gasteiger partial charge < -0.3 is 11.1 Å². The van der Waals surface area contributed by atoms with Crippen molar-refractivity contribution in [3.8, 4) is 0 Å². The van der Waals surface area contributed by atoms with Gasteiger partial charge in [0.15, 0.2) is 5.82 Å². The van der Waals surface area contributed by atoms with Crippen LogP contribution < -0.4 is 11.1 Å². The summed E-state index contributed by atoms with van der Waals surface area (Å²) in [4.78, 5) is 20.8. The first-order chi connectivity index (χ1) is 9.15. The maximum atomic E-state index is 11.2. The van der Waals surface area contributed by atoms with Crippen LogP contribution in [0.4, 0.5) is 11.5 Å². The molecule has 104 valence electrons. The van der Waals surface area contributed by atoms with Crippen molar-refractivity contribution in [2.75, 3.05) is 5.32 Å². The summed E-state index contributed by atoms with van der Waals surface area (Å²) in [7, 11) is 0. The Balaban J connectivity index is 0.00000147. The van der Waals surface area contributed by atoms with Gasteiger partial charge in [-0.3, -0.25) is 4.79 Å². The Kier molecular flexibility index (Phi) is 4.15. The Morgan fingerprint density at radius 1 is 1.35 bits per heavy atom. The van der Waals surface area contributed by atoms with E-state index in [1.165, 1.54) is 0 Å². The van der Waals surface area contributed by atoms with E-state index in [-0.39, 0.29) is 24.2 Å². The first kappa shape index (κ1) is 14.6. The molecule has 0 fully saturated rings. The number of amides is 1. The van der Waals surface area contributed by atoms with Gasteiger partial charge in [0.25, 0.3) is 0 Å². The van der Waals surface area contributed by atoms with Gasteiger partial charge in [-0.05, 0) is 24.6 Å². The minimum atomic E-state index is -0.330. The Labute approximate surface area is 126 Å². The van der Waals surface area contributed by atoms with E-state index in [1.54, 1.807) is 31.1 Å². The smallest absolute Gasteiger partial charge is 0.224 e. The molecule has 0 radical (unpaired) electrons. The van der Waals surface area contributed by atoms with Crippen LogP contribution in [0.2, 0.25) is 0 Å². The Hall–Kier alpha value is -1.79. The van der Waals surface area contributed by atoms with Gasteiger partial charge in [-0.2, -0.15) is 0 Å². The number of carbonyl (C=O) groups is 1. The lowest BCUT2D eigenvalue weighted by Crippen LogP contribution is -2.19. The van der Waals surface area contributed by atoms with Gasteiger partial charge >= 0.3 is 0 Å². The molecule has 20 heavy (non-hydrogen) atoms. The molecule has 5 nitrogen and oxygen atoms in total. The van der Waals surface area contributed by atoms with Crippen LogP contribution in [0.5, 0.6) is 0 Å². The number of rotatable bonds is 2. The Morgan fingerprint density at radius 2 is 2.10 bits per heavy atom. The van der Waals surface area contributed by atoms with Crippen molar-refractivity contribution < 1.29 is 4.79 Å². The molecule has 0 bridgehead atoms. The maximum Gasteiger partial charge on any atom is 0.224 e. The van der Waals surface area contributed by atoms with Gasteiger partial charge in [-0.25, -0.2) is 9.97 Å². The normalized spacial score (nSPS) is 13.2. The molecule has 7 heteroatoms. The summed E-state index contributed by atoms with van der Waals surface area (Å²) in [6, 6.07) is 5.83. The molecular formula is C13H13ClN4OS. The number of nitrogens with two attached hydrogens (primary N) is 1. The summed E-state index contributed by atoms with van der Waals surface area (Å²) in [6.07, 6.45) is 3.31. The van der Waals surface area contributed by atoms with Gasteiger partial charge in [-0.1, -0.05) is 17.8 Å². The van der Waals surface area contributed by atoms with Crippen molar-refractivity contribution in [1.29, 1.82) is 0 Å². The first-order valence-corrected chi connectivity index (χ1v) is 6.66. The van der Waals surface area contributed by atoms with Crippen LogP contribution in [0.3, 0.4) is 0 Å². The highest BCUT2D eigenvalue weighted by molar-refractivity contribution is 7.99. The van der Waals surface area contributed by atoms with Gasteiger partial charge in [0.2, 0.25) is 5.91 Å². The summed E-state index contributed by atoms with van der Waals surface area (Å²) in [5.74, 6) is 0.104. The lowest BCUT2D eigenvalue weighted by Gasteiger charge is -2.20. The number of anilines is 2. The maximum absolute atomic E-state index is 11.2. The van der Waals surface area contributed by atoms with Crippen molar-refractivity contribution in [2.24, 2.45) is 5.73 Å². The minimum absolute atomic E-state index is 0. The molecule has 0 spiro atoms. The molecule has 2 heterocycles. The quantitative estimate of drug-likeness (QED) is 0.760. The van der Waals surface area contributed by atoms with Crippen LogP contribution in [0.1, 0.15) is 18.4 Å². The fourth-order valence-electron chi connectivity index (χ4n) is 1.89. The molecule has 0 saturated carbocycles. The van der Waals surface area contributed by atoms with Crippen molar-refractivity contribution in [1.82, 2.24) is 9.97 Å². The van der Waals surface area contributed by atoms with Crippen LogP contribution in [0.15, 0.2) is 40.5 Å². The van der Waals surface area contributed by atoms with Crippen molar-refractivity contribution >= 4 is 41.6 Å². The number of halogens is 1. The zero-order chi connectivity index (χ0) is 13.4. The third kappa shape index (κ3) is 2.57. The van der Waals surface area contributed by atoms with E-state index in [0.29, 0.717) is 0 Å². The lowest BCUT2D eigenvalue weighted by atomic mass is 10.00. The van der Waals surface area contributed by atoms with Crippen LogP contribution >= 0.6 is 24.2 Å². The molecule has 3 N–H and O–H groups in total. The molecule has 0 saturated heterocycles. The molecule has 2 aromatic rings. The molecule has 1 aromatic carbocycles. The Bertz CT molecular complexity index is 665. The largest absolute Gasteiger partial charge is 0.369 e. The zero-order valence-electron chi connectivity index (χ0n) is 10.7. The summed E-state index contributed by atoms with van der Waals surface area (Å²) in [5, 5.41) is 4.08. The van der Waals surface area contributed by atoms with E-state index in [0.717, 1.165) is 27.0 Å². The number of primary amides is 1. The SMILES string of the molecule is CC(C(N)=O)c1ccc2c(c1)Nc1nccnc1S2.Cl. The monoisotopic (exact) mass is 308 g/mol. The number of hydrogen-bond donors (Lipinski definition) is 2. The summed E-state index contributed by atoms with van der Waals surface area (Å²) in [5.41, 5.74) is 7.16. The molecule has 1 amide bonds. The molecule has 1 aliphatic heterocycles. The van der Waals surface area contributed by atoms with E-state index in [2.05, 4.69) is 15.3 Å². The van der Waals surface area contributed by atoms with Gasteiger partial charge in [0, 0.05) is 17.3 Å². The molecule has 1 atom stereocenters. The fourth-order valence-corrected chi connectivity index (χ4v) is 2.76. The number of nitrogens with zero attached hydrogens (tertiary/aromatic N) is 2. The predicted molar refractivity (Wildman–Crippen MR) is 80.7 cm³/mol. The van der Waals surface area contributed by atoms with E-state index < -0.39 is 0 Å². The van der Waals surface area contributed by atoms with Gasteiger partial charge in [-0.15, -0.1) is 12.4 Å². The standard InChI is InChI=1S/C13H12N4OS.ClH/c1-7(11(14)18)8-2-3-10-9(6-8)17-12-13(19-10)16-5-4-15-12;/h2-7H,1H3,(H2,14,18)(H,15,17);1H. The second-order valence-electron chi connectivity index (χ2n) is 4.32. The van der Waals surface area contributed by atoms with Crippen LogP contribution in [0.25, 0.3) is 0 Å².